The van der Waals surface area contributed by atoms with Crippen LogP contribution in [0.2, 0.25) is 0 Å². The zero-order valence-electron chi connectivity index (χ0n) is 19.2. The molecule has 0 saturated carbocycles. The van der Waals surface area contributed by atoms with Gasteiger partial charge in [-0.2, -0.15) is 0 Å². The van der Waals surface area contributed by atoms with Crippen molar-refractivity contribution in [3.8, 4) is 17.2 Å². The Bertz CT molecular complexity index is 1230. The van der Waals surface area contributed by atoms with Gasteiger partial charge in [-0.15, -0.1) is 0 Å². The summed E-state index contributed by atoms with van der Waals surface area (Å²) < 4.78 is 17.5. The van der Waals surface area contributed by atoms with Crippen molar-refractivity contribution >= 4 is 10.9 Å². The highest BCUT2D eigenvalue weighted by molar-refractivity contribution is 5.86. The van der Waals surface area contributed by atoms with Crippen molar-refractivity contribution in [2.24, 2.45) is 0 Å². The van der Waals surface area contributed by atoms with Crippen molar-refractivity contribution in [3.05, 3.63) is 89.1 Å². The lowest BCUT2D eigenvalue weighted by molar-refractivity contribution is 0.297. The lowest BCUT2D eigenvalue weighted by Gasteiger charge is -2.25. The van der Waals surface area contributed by atoms with Crippen LogP contribution in [0.15, 0.2) is 66.7 Å². The third-order valence-corrected chi connectivity index (χ3v) is 6.25. The molecule has 1 aliphatic rings. The fourth-order valence-corrected chi connectivity index (χ4v) is 4.65. The number of methoxy groups -OCH3 is 1. The second kappa shape index (κ2) is 9.59. The molecule has 0 saturated heterocycles. The highest BCUT2D eigenvalue weighted by atomic mass is 16.5. The van der Waals surface area contributed by atoms with E-state index >= 15 is 0 Å². The van der Waals surface area contributed by atoms with Gasteiger partial charge in [0, 0.05) is 29.6 Å². The van der Waals surface area contributed by atoms with Gasteiger partial charge >= 0.3 is 0 Å². The number of rotatable bonds is 8. The third kappa shape index (κ3) is 4.41. The average Bonchev–Trinajstić information content (AvgIpc) is 3.23. The van der Waals surface area contributed by atoms with Crippen LogP contribution in [0.1, 0.15) is 35.3 Å². The van der Waals surface area contributed by atoms with Gasteiger partial charge in [0.1, 0.15) is 5.75 Å². The van der Waals surface area contributed by atoms with Gasteiger partial charge in [0.2, 0.25) is 0 Å². The second-order valence-electron chi connectivity index (χ2n) is 8.29. The van der Waals surface area contributed by atoms with Gasteiger partial charge in [0.05, 0.1) is 26.4 Å². The summed E-state index contributed by atoms with van der Waals surface area (Å²) in [7, 11) is 1.70. The minimum Gasteiger partial charge on any atom is -0.494 e. The third-order valence-electron chi connectivity index (χ3n) is 6.25. The first-order valence-corrected chi connectivity index (χ1v) is 11.6. The molecule has 170 valence electrons. The number of benzene rings is 3. The highest BCUT2D eigenvalue weighted by Crippen LogP contribution is 2.38. The molecule has 0 amide bonds. The molecule has 4 aromatic rings. The molecule has 3 aromatic carbocycles. The Hall–Kier alpha value is -3.44. The summed E-state index contributed by atoms with van der Waals surface area (Å²) >= 11 is 0. The van der Waals surface area contributed by atoms with Crippen molar-refractivity contribution in [2.75, 3.05) is 26.9 Å². The summed E-state index contributed by atoms with van der Waals surface area (Å²) in [5, 5.41) is 4.91. The zero-order chi connectivity index (χ0) is 22.6. The van der Waals surface area contributed by atoms with Gasteiger partial charge in [-0.3, -0.25) is 0 Å². The van der Waals surface area contributed by atoms with E-state index in [2.05, 4.69) is 58.8 Å². The summed E-state index contributed by atoms with van der Waals surface area (Å²) in [4.78, 5) is 3.65. The molecule has 5 rings (SSSR count). The molecule has 0 spiro atoms. The molecule has 0 bridgehead atoms. The molecular weight excluding hydrogens is 412 g/mol. The number of ether oxygens (including phenoxy) is 3. The number of H-pyrrole nitrogens is 1. The Kier molecular flexibility index (Phi) is 6.22. The summed E-state index contributed by atoms with van der Waals surface area (Å²) in [6, 6.07) is 23.0. The van der Waals surface area contributed by atoms with Crippen LogP contribution in [0, 0.1) is 0 Å². The number of aromatic nitrogens is 1. The molecule has 0 aliphatic carbocycles. The van der Waals surface area contributed by atoms with Crippen LogP contribution in [0.5, 0.6) is 17.2 Å². The van der Waals surface area contributed by atoms with Crippen LogP contribution < -0.4 is 19.5 Å². The smallest absolute Gasteiger partial charge is 0.161 e. The van der Waals surface area contributed by atoms with E-state index in [0.29, 0.717) is 13.2 Å². The van der Waals surface area contributed by atoms with E-state index in [1.54, 1.807) is 7.11 Å². The van der Waals surface area contributed by atoms with Crippen molar-refractivity contribution in [1.82, 2.24) is 10.3 Å². The molecule has 0 fully saturated rings. The zero-order valence-corrected chi connectivity index (χ0v) is 19.2. The molecule has 1 atom stereocenters. The first kappa shape index (κ1) is 21.4. The van der Waals surface area contributed by atoms with Crippen LogP contribution >= 0.6 is 0 Å². The monoisotopic (exact) mass is 442 g/mol. The summed E-state index contributed by atoms with van der Waals surface area (Å²) in [6.45, 7) is 4.21. The molecule has 1 unspecified atom stereocenters. The normalized spacial score (nSPS) is 15.3. The predicted molar refractivity (Wildman–Crippen MR) is 132 cm³/mol. The molecule has 2 N–H and O–H groups in total. The van der Waals surface area contributed by atoms with Crippen LogP contribution in [0.25, 0.3) is 10.9 Å². The molecule has 33 heavy (non-hydrogen) atoms. The van der Waals surface area contributed by atoms with Crippen LogP contribution in [0.4, 0.5) is 0 Å². The van der Waals surface area contributed by atoms with Gasteiger partial charge in [-0.25, -0.2) is 0 Å². The first-order chi connectivity index (χ1) is 16.3. The van der Waals surface area contributed by atoms with Crippen LogP contribution in [-0.2, 0) is 12.8 Å². The van der Waals surface area contributed by atoms with E-state index in [0.717, 1.165) is 47.7 Å². The van der Waals surface area contributed by atoms with E-state index in [1.807, 2.05) is 25.1 Å². The Morgan fingerprint density at radius 3 is 2.64 bits per heavy atom. The van der Waals surface area contributed by atoms with E-state index in [1.165, 1.54) is 22.2 Å². The fourth-order valence-electron chi connectivity index (χ4n) is 4.65. The van der Waals surface area contributed by atoms with Crippen LogP contribution in [-0.4, -0.2) is 31.9 Å². The van der Waals surface area contributed by atoms with Gasteiger partial charge in [-0.05, 0) is 60.4 Å². The van der Waals surface area contributed by atoms with E-state index < -0.39 is 0 Å². The van der Waals surface area contributed by atoms with Gasteiger partial charge in [0.15, 0.2) is 11.5 Å². The molecule has 1 aromatic heterocycles. The maximum Gasteiger partial charge on any atom is 0.161 e. The minimum atomic E-state index is 0.0731. The van der Waals surface area contributed by atoms with Crippen molar-refractivity contribution in [2.45, 2.75) is 25.8 Å². The SMILES string of the molecule is CCOc1ccc2[nH]c3c(c2c1)CCNC3c1ccc(OCCc2ccccc2)c(OC)c1. The topological polar surface area (TPSA) is 55.5 Å². The van der Waals surface area contributed by atoms with Crippen molar-refractivity contribution in [3.63, 3.8) is 0 Å². The van der Waals surface area contributed by atoms with Crippen molar-refractivity contribution < 1.29 is 14.2 Å². The number of fused-ring (bicyclic) bond motifs is 3. The molecule has 5 heteroatoms. The number of hydrogen-bond acceptors (Lipinski definition) is 4. The van der Waals surface area contributed by atoms with Gasteiger partial charge < -0.3 is 24.5 Å². The van der Waals surface area contributed by atoms with E-state index in [-0.39, 0.29) is 6.04 Å². The Labute approximate surface area is 194 Å². The van der Waals surface area contributed by atoms with Crippen LogP contribution in [0.3, 0.4) is 0 Å². The largest absolute Gasteiger partial charge is 0.494 e. The number of aromatic amines is 1. The Morgan fingerprint density at radius 1 is 0.939 bits per heavy atom. The lowest BCUT2D eigenvalue weighted by Crippen LogP contribution is -2.30. The Balaban J connectivity index is 1.39. The standard InChI is InChI=1S/C28H30N2O3/c1-3-32-21-10-11-24-23(18-21)22-13-15-29-27(28(22)30-24)20-9-12-25(26(17-20)31-2)33-16-14-19-7-5-4-6-8-19/h4-12,17-18,27,29-30H,3,13-16H2,1-2H3. The van der Waals surface area contributed by atoms with E-state index in [9.17, 15) is 0 Å². The maximum absolute atomic E-state index is 6.06. The molecule has 2 heterocycles. The van der Waals surface area contributed by atoms with E-state index in [4.69, 9.17) is 14.2 Å². The summed E-state index contributed by atoms with van der Waals surface area (Å²) in [5.41, 5.74) is 6.13. The molecule has 0 radical (unpaired) electrons. The summed E-state index contributed by atoms with van der Waals surface area (Å²) in [5.74, 6) is 2.44. The maximum atomic E-state index is 6.06. The van der Waals surface area contributed by atoms with Gasteiger partial charge in [0.25, 0.3) is 0 Å². The van der Waals surface area contributed by atoms with Crippen molar-refractivity contribution in [1.29, 1.82) is 0 Å². The predicted octanol–water partition coefficient (Wildman–Crippen LogP) is 5.43. The summed E-state index contributed by atoms with van der Waals surface area (Å²) in [6.07, 6.45) is 1.84. The molecular formula is C28H30N2O3. The Morgan fingerprint density at radius 2 is 1.82 bits per heavy atom. The molecule has 1 aliphatic heterocycles. The number of hydrogen-bond donors (Lipinski definition) is 2. The highest BCUT2D eigenvalue weighted by Gasteiger charge is 2.26. The lowest BCUT2D eigenvalue weighted by atomic mass is 9.94. The molecule has 5 nitrogen and oxygen atoms in total. The minimum absolute atomic E-state index is 0.0731. The average molecular weight is 443 g/mol. The van der Waals surface area contributed by atoms with Gasteiger partial charge in [-0.1, -0.05) is 36.4 Å². The first-order valence-electron chi connectivity index (χ1n) is 11.6. The number of nitrogens with one attached hydrogen (secondary N) is 2. The fraction of sp³-hybridized carbons (Fsp3) is 0.286. The quantitative estimate of drug-likeness (QED) is 0.382. The second-order valence-corrected chi connectivity index (χ2v) is 8.29.